The van der Waals surface area contributed by atoms with Crippen LogP contribution in [0.25, 0.3) is 0 Å². The van der Waals surface area contributed by atoms with Gasteiger partial charge >= 0.3 is 5.97 Å². The Morgan fingerprint density at radius 3 is 2.69 bits per heavy atom. The molecule has 3 N–H and O–H groups in total. The summed E-state index contributed by atoms with van der Waals surface area (Å²) >= 11 is 0. The minimum atomic E-state index is -0.974. The van der Waals surface area contributed by atoms with E-state index < -0.39 is 5.97 Å². The zero-order valence-corrected chi connectivity index (χ0v) is 18.7. The van der Waals surface area contributed by atoms with E-state index in [2.05, 4.69) is 53.6 Å². The molecule has 1 saturated heterocycles. The van der Waals surface area contributed by atoms with Gasteiger partial charge in [0.15, 0.2) is 5.78 Å². The first-order chi connectivity index (χ1) is 15.3. The number of morpholine rings is 1. The zero-order valence-electron chi connectivity index (χ0n) is 18.7. The first-order valence-electron chi connectivity index (χ1n) is 11.1. The maximum Gasteiger partial charge on any atom is 0.317 e. The van der Waals surface area contributed by atoms with E-state index in [1.807, 2.05) is 18.2 Å². The molecule has 2 aromatic rings. The lowest BCUT2D eigenvalue weighted by molar-refractivity contribution is -0.135. The summed E-state index contributed by atoms with van der Waals surface area (Å²) in [4.78, 5) is 25.5. The van der Waals surface area contributed by atoms with Gasteiger partial charge in [-0.05, 0) is 53.3 Å². The Balaban J connectivity index is 1.52. The van der Waals surface area contributed by atoms with Crippen LogP contribution in [0.15, 0.2) is 42.5 Å². The average molecular weight is 438 g/mol. The highest BCUT2D eigenvalue weighted by Crippen LogP contribution is 2.45. The minimum absolute atomic E-state index is 0.0128. The second-order valence-corrected chi connectivity index (χ2v) is 9.23. The van der Waals surface area contributed by atoms with E-state index in [1.165, 1.54) is 11.3 Å². The minimum Gasteiger partial charge on any atom is -0.480 e. The van der Waals surface area contributed by atoms with Crippen molar-refractivity contribution in [3.63, 3.8) is 0 Å². The summed E-state index contributed by atoms with van der Waals surface area (Å²) in [5.41, 5.74) is 5.18. The van der Waals surface area contributed by atoms with Crippen molar-refractivity contribution in [1.29, 1.82) is 0 Å². The van der Waals surface area contributed by atoms with E-state index in [9.17, 15) is 9.59 Å². The number of fused-ring (bicyclic) bond motifs is 1. The van der Waals surface area contributed by atoms with Crippen LogP contribution in [0.4, 0.5) is 11.4 Å². The zero-order chi connectivity index (χ0) is 22.7. The first-order valence-corrected chi connectivity index (χ1v) is 11.1. The van der Waals surface area contributed by atoms with Gasteiger partial charge in [-0.2, -0.15) is 0 Å². The van der Waals surface area contributed by atoms with Crippen molar-refractivity contribution in [2.45, 2.75) is 26.3 Å². The Kier molecular flexibility index (Phi) is 6.48. The number of benzene rings is 2. The molecule has 1 unspecified atom stereocenters. The molecule has 7 heteroatoms. The molecule has 2 aliphatic rings. The third-order valence-corrected chi connectivity index (χ3v) is 6.30. The number of Topliss-reactive ketones (excluding diaryl/α,β-unsaturated/α-hetero) is 1. The van der Waals surface area contributed by atoms with E-state index in [1.54, 1.807) is 0 Å². The van der Waals surface area contributed by atoms with Crippen molar-refractivity contribution in [3.8, 4) is 0 Å². The molecule has 1 atom stereocenters. The lowest BCUT2D eigenvalue weighted by atomic mass is 9.72. The van der Waals surface area contributed by atoms with Crippen molar-refractivity contribution in [2.75, 3.05) is 49.6 Å². The molecule has 2 aromatic carbocycles. The Morgan fingerprint density at radius 1 is 1.16 bits per heavy atom. The standard InChI is InChI=1S/C25H31N3O4/c1-25(2)14-19-12-17(22(29)15-26-16-23(30)31)6-7-21(19)27-24(25)18-4-3-5-20(13-18)28-8-10-32-11-9-28/h3-7,12-13,24,26-27H,8-11,14-16H2,1-2H3,(H,30,31). The average Bonchev–Trinajstić information content (AvgIpc) is 2.78. The molecule has 170 valence electrons. The lowest BCUT2D eigenvalue weighted by Crippen LogP contribution is -2.37. The summed E-state index contributed by atoms with van der Waals surface area (Å²) in [5, 5.41) is 15.1. The fourth-order valence-corrected chi connectivity index (χ4v) is 4.64. The molecule has 4 rings (SSSR count). The number of nitrogens with zero attached hydrogens (tertiary/aromatic N) is 1. The number of ether oxygens (including phenoxy) is 1. The van der Waals surface area contributed by atoms with Crippen molar-refractivity contribution in [1.82, 2.24) is 5.32 Å². The van der Waals surface area contributed by atoms with Gasteiger partial charge in [-0.25, -0.2) is 0 Å². The molecule has 0 radical (unpaired) electrons. The number of hydrogen-bond donors (Lipinski definition) is 3. The number of ketones is 1. The van der Waals surface area contributed by atoms with E-state index in [4.69, 9.17) is 9.84 Å². The third-order valence-electron chi connectivity index (χ3n) is 6.30. The number of carbonyl (C=O) groups is 2. The summed E-state index contributed by atoms with van der Waals surface area (Å²) in [5.74, 6) is -1.08. The molecule has 0 bridgehead atoms. The van der Waals surface area contributed by atoms with E-state index in [0.717, 1.165) is 44.0 Å². The topological polar surface area (TPSA) is 90.9 Å². The van der Waals surface area contributed by atoms with Crippen LogP contribution in [-0.2, 0) is 16.0 Å². The van der Waals surface area contributed by atoms with Gasteiger partial charge in [-0.15, -0.1) is 0 Å². The van der Waals surface area contributed by atoms with Crippen LogP contribution in [0.5, 0.6) is 0 Å². The highest BCUT2D eigenvalue weighted by Gasteiger charge is 2.36. The number of anilines is 2. The molecule has 0 amide bonds. The van der Waals surface area contributed by atoms with Crippen LogP contribution in [0.2, 0.25) is 0 Å². The van der Waals surface area contributed by atoms with Crippen molar-refractivity contribution in [2.24, 2.45) is 5.41 Å². The van der Waals surface area contributed by atoms with E-state index >= 15 is 0 Å². The molecule has 0 spiro atoms. The van der Waals surface area contributed by atoms with Gasteiger partial charge in [0.05, 0.1) is 32.3 Å². The van der Waals surface area contributed by atoms with Crippen molar-refractivity contribution < 1.29 is 19.4 Å². The summed E-state index contributed by atoms with van der Waals surface area (Å²) in [6.07, 6.45) is 0.839. The highest BCUT2D eigenvalue weighted by molar-refractivity contribution is 5.98. The van der Waals surface area contributed by atoms with Crippen LogP contribution < -0.4 is 15.5 Å². The second-order valence-electron chi connectivity index (χ2n) is 9.23. The van der Waals surface area contributed by atoms with Gasteiger partial charge in [-0.1, -0.05) is 26.0 Å². The van der Waals surface area contributed by atoms with Gasteiger partial charge in [0, 0.05) is 30.0 Å². The largest absolute Gasteiger partial charge is 0.480 e. The Bertz CT molecular complexity index is 998. The van der Waals surface area contributed by atoms with Crippen molar-refractivity contribution >= 4 is 23.1 Å². The molecule has 0 aliphatic carbocycles. The third kappa shape index (κ3) is 4.95. The smallest absolute Gasteiger partial charge is 0.317 e. The highest BCUT2D eigenvalue weighted by atomic mass is 16.5. The molecule has 1 fully saturated rings. The van der Waals surface area contributed by atoms with Crippen molar-refractivity contribution in [3.05, 3.63) is 59.2 Å². The fourth-order valence-electron chi connectivity index (χ4n) is 4.64. The summed E-state index contributed by atoms with van der Waals surface area (Å²) in [6, 6.07) is 14.6. The second kappa shape index (κ2) is 9.30. The molecule has 32 heavy (non-hydrogen) atoms. The van der Waals surface area contributed by atoms with Gasteiger partial charge < -0.3 is 20.1 Å². The SMILES string of the molecule is CC1(C)Cc2cc(C(=O)CNCC(=O)O)ccc2NC1c1cccc(N2CCOCC2)c1. The van der Waals surface area contributed by atoms with Gasteiger partial charge in [0.2, 0.25) is 0 Å². The molecule has 0 saturated carbocycles. The molecule has 7 nitrogen and oxygen atoms in total. The first kappa shape index (κ1) is 22.3. The number of aliphatic carboxylic acids is 1. The monoisotopic (exact) mass is 437 g/mol. The maximum atomic E-state index is 12.5. The number of carboxylic acids is 1. The van der Waals surface area contributed by atoms with Crippen LogP contribution in [0.3, 0.4) is 0 Å². The summed E-state index contributed by atoms with van der Waals surface area (Å²) in [6.45, 7) is 7.62. The quantitative estimate of drug-likeness (QED) is 0.574. The molecule has 2 aliphatic heterocycles. The van der Waals surface area contributed by atoms with Gasteiger partial charge in [-0.3, -0.25) is 14.9 Å². The number of nitrogens with one attached hydrogen (secondary N) is 2. The number of carbonyl (C=O) groups excluding carboxylic acids is 1. The Labute approximate surface area is 188 Å². The molecular weight excluding hydrogens is 406 g/mol. The maximum absolute atomic E-state index is 12.5. The van der Waals surface area contributed by atoms with Gasteiger partial charge in [0.25, 0.3) is 0 Å². The summed E-state index contributed by atoms with van der Waals surface area (Å²) in [7, 11) is 0. The Hall–Kier alpha value is -2.90. The number of carboxylic acid groups (broad SMARTS) is 1. The molecular formula is C25H31N3O4. The van der Waals surface area contributed by atoms with E-state index in [-0.39, 0.29) is 30.3 Å². The Morgan fingerprint density at radius 2 is 1.94 bits per heavy atom. The molecule has 2 heterocycles. The van der Waals surface area contributed by atoms with Crippen LogP contribution in [0.1, 0.15) is 41.4 Å². The predicted molar refractivity (Wildman–Crippen MR) is 125 cm³/mol. The number of rotatable bonds is 7. The van der Waals surface area contributed by atoms with Crippen LogP contribution >= 0.6 is 0 Å². The predicted octanol–water partition coefficient (Wildman–Crippen LogP) is 3.12. The molecule has 0 aromatic heterocycles. The summed E-state index contributed by atoms with van der Waals surface area (Å²) < 4.78 is 5.49. The van der Waals surface area contributed by atoms with Gasteiger partial charge in [0.1, 0.15) is 0 Å². The fraction of sp³-hybridized carbons (Fsp3) is 0.440. The lowest BCUT2D eigenvalue weighted by Gasteiger charge is -2.42. The van der Waals surface area contributed by atoms with Crippen LogP contribution in [-0.4, -0.2) is 56.3 Å². The normalized spacial score (nSPS) is 19.7. The van der Waals surface area contributed by atoms with Crippen LogP contribution in [0, 0.1) is 5.41 Å². The van der Waals surface area contributed by atoms with E-state index in [0.29, 0.717) is 5.56 Å². The number of hydrogen-bond acceptors (Lipinski definition) is 6.